The van der Waals surface area contributed by atoms with E-state index in [1.54, 1.807) is 11.3 Å². The number of halogens is 1. The van der Waals surface area contributed by atoms with Gasteiger partial charge in [0.2, 0.25) is 5.91 Å². The van der Waals surface area contributed by atoms with Gasteiger partial charge in [-0.25, -0.2) is 4.98 Å². The summed E-state index contributed by atoms with van der Waals surface area (Å²) in [6.07, 6.45) is 1.75. The molecule has 4 nitrogen and oxygen atoms in total. The van der Waals surface area contributed by atoms with Crippen molar-refractivity contribution in [2.45, 2.75) is 26.3 Å². The zero-order chi connectivity index (χ0) is 18.8. The Morgan fingerprint density at radius 3 is 2.70 bits per heavy atom. The molecule has 6 heteroatoms. The third kappa shape index (κ3) is 4.33. The highest BCUT2D eigenvalue weighted by molar-refractivity contribution is 9.10. The first kappa shape index (κ1) is 18.4. The summed E-state index contributed by atoms with van der Waals surface area (Å²) >= 11 is 5.24. The van der Waals surface area contributed by atoms with E-state index in [1.165, 1.54) is 10.3 Å². The summed E-state index contributed by atoms with van der Waals surface area (Å²) in [5.74, 6) is 0.263. The number of nitrogens with zero attached hydrogens (tertiary/aromatic N) is 2. The van der Waals surface area contributed by atoms with E-state index >= 15 is 0 Å². The molecule has 4 rings (SSSR count). The van der Waals surface area contributed by atoms with Crippen molar-refractivity contribution in [1.29, 1.82) is 0 Å². The predicted molar refractivity (Wildman–Crippen MR) is 115 cm³/mol. The number of carbonyl (C=O) groups excluding carboxylic acids is 1. The third-order valence-electron chi connectivity index (χ3n) is 5.06. The molecule has 0 aliphatic carbocycles. The smallest absolute Gasteiger partial charge is 0.223 e. The first-order valence-corrected chi connectivity index (χ1v) is 10.8. The molecule has 1 N–H and O–H groups in total. The summed E-state index contributed by atoms with van der Waals surface area (Å²) in [5, 5.41) is 4.15. The molecule has 0 radical (unpaired) electrons. The fourth-order valence-electron chi connectivity index (χ4n) is 3.39. The monoisotopic (exact) mass is 443 g/mol. The lowest BCUT2D eigenvalue weighted by atomic mass is 9.96. The number of hydrogen-bond acceptors (Lipinski definition) is 4. The topological polar surface area (TPSA) is 45.2 Å². The maximum Gasteiger partial charge on any atom is 0.223 e. The van der Waals surface area contributed by atoms with Gasteiger partial charge in [0, 0.05) is 30.0 Å². The largest absolute Gasteiger partial charge is 0.352 e. The highest BCUT2D eigenvalue weighted by atomic mass is 79.9. The number of benzene rings is 2. The van der Waals surface area contributed by atoms with E-state index < -0.39 is 0 Å². The molecule has 0 atom stereocenters. The van der Waals surface area contributed by atoms with Crippen LogP contribution in [0.25, 0.3) is 10.2 Å². The molecule has 140 valence electrons. The highest BCUT2D eigenvalue weighted by Crippen LogP contribution is 2.33. The minimum atomic E-state index is 0.0928. The van der Waals surface area contributed by atoms with Gasteiger partial charge in [0.05, 0.1) is 10.2 Å². The average molecular weight is 444 g/mol. The van der Waals surface area contributed by atoms with Gasteiger partial charge < -0.3 is 10.2 Å². The molecule has 1 amide bonds. The summed E-state index contributed by atoms with van der Waals surface area (Å²) in [6.45, 7) is 4.43. The van der Waals surface area contributed by atoms with Crippen molar-refractivity contribution in [1.82, 2.24) is 10.3 Å². The molecule has 0 spiro atoms. The van der Waals surface area contributed by atoms with Gasteiger partial charge in [-0.15, -0.1) is 0 Å². The Balaban J connectivity index is 1.32. The number of aryl methyl sites for hydroxylation is 1. The van der Waals surface area contributed by atoms with Crippen LogP contribution in [0.15, 0.2) is 46.9 Å². The van der Waals surface area contributed by atoms with E-state index in [-0.39, 0.29) is 11.8 Å². The molecule has 1 saturated heterocycles. The number of rotatable bonds is 4. The van der Waals surface area contributed by atoms with Crippen LogP contribution < -0.4 is 10.2 Å². The Labute approximate surface area is 171 Å². The van der Waals surface area contributed by atoms with E-state index in [2.05, 4.69) is 63.4 Å². The van der Waals surface area contributed by atoms with Crippen LogP contribution in [-0.4, -0.2) is 24.0 Å². The van der Waals surface area contributed by atoms with Gasteiger partial charge in [-0.05, 0) is 43.5 Å². The van der Waals surface area contributed by atoms with E-state index in [1.807, 2.05) is 12.1 Å². The summed E-state index contributed by atoms with van der Waals surface area (Å²) < 4.78 is 2.27. The average Bonchev–Trinajstić information content (AvgIpc) is 3.10. The molecule has 2 heterocycles. The first-order valence-electron chi connectivity index (χ1n) is 9.23. The van der Waals surface area contributed by atoms with Gasteiger partial charge in [0.1, 0.15) is 0 Å². The zero-order valence-corrected chi connectivity index (χ0v) is 17.6. The van der Waals surface area contributed by atoms with E-state index in [0.29, 0.717) is 6.54 Å². The van der Waals surface area contributed by atoms with E-state index in [4.69, 9.17) is 4.98 Å². The molecule has 1 aromatic heterocycles. The number of hydrogen-bond donors (Lipinski definition) is 1. The third-order valence-corrected chi connectivity index (χ3v) is 6.64. The standard InChI is InChI=1S/C21H22BrN3OS/c1-14-2-4-15(5-3-14)13-23-20(26)16-8-10-25(11-9-16)21-24-18-7-6-17(22)12-19(18)27-21/h2-7,12,16H,8-11,13H2,1H3,(H,23,26). The van der Waals surface area contributed by atoms with Crippen LogP contribution in [0.1, 0.15) is 24.0 Å². The van der Waals surface area contributed by atoms with Crippen LogP contribution in [0.2, 0.25) is 0 Å². The number of carbonyl (C=O) groups is 1. The highest BCUT2D eigenvalue weighted by Gasteiger charge is 2.26. The van der Waals surface area contributed by atoms with Crippen LogP contribution >= 0.6 is 27.3 Å². The molecule has 0 saturated carbocycles. The SMILES string of the molecule is Cc1ccc(CNC(=O)C2CCN(c3nc4ccc(Br)cc4s3)CC2)cc1. The summed E-state index contributed by atoms with van der Waals surface area (Å²) in [5.41, 5.74) is 3.42. The van der Waals surface area contributed by atoms with Gasteiger partial charge >= 0.3 is 0 Å². The summed E-state index contributed by atoms with van der Waals surface area (Å²) in [4.78, 5) is 19.6. The van der Waals surface area contributed by atoms with Gasteiger partial charge in [-0.3, -0.25) is 4.79 Å². The fraction of sp³-hybridized carbons (Fsp3) is 0.333. The number of thiazole rings is 1. The molecule has 1 fully saturated rings. The second-order valence-electron chi connectivity index (χ2n) is 7.07. The van der Waals surface area contributed by atoms with Crippen molar-refractivity contribution >= 4 is 48.5 Å². The minimum Gasteiger partial charge on any atom is -0.352 e. The maximum atomic E-state index is 12.5. The zero-order valence-electron chi connectivity index (χ0n) is 15.2. The molecular formula is C21H22BrN3OS. The number of fused-ring (bicyclic) bond motifs is 1. The van der Waals surface area contributed by atoms with Crippen LogP contribution in [-0.2, 0) is 11.3 Å². The fourth-order valence-corrected chi connectivity index (χ4v) is 4.96. The molecule has 2 aromatic carbocycles. The molecule has 1 aliphatic heterocycles. The molecular weight excluding hydrogens is 422 g/mol. The second kappa shape index (κ2) is 7.98. The predicted octanol–water partition coefficient (Wildman–Crippen LogP) is 4.90. The Bertz CT molecular complexity index is 946. The Kier molecular flexibility index (Phi) is 5.45. The van der Waals surface area contributed by atoms with Gasteiger partial charge in [-0.1, -0.05) is 57.1 Å². The first-order chi connectivity index (χ1) is 13.1. The molecule has 0 unspecified atom stereocenters. The lowest BCUT2D eigenvalue weighted by Gasteiger charge is -2.31. The number of piperidine rings is 1. The van der Waals surface area contributed by atoms with Crippen LogP contribution in [0, 0.1) is 12.8 Å². The number of nitrogens with one attached hydrogen (secondary N) is 1. The van der Waals surface area contributed by atoms with Gasteiger partial charge in [0.15, 0.2) is 5.13 Å². The number of amides is 1. The van der Waals surface area contributed by atoms with Crippen molar-refractivity contribution < 1.29 is 4.79 Å². The van der Waals surface area contributed by atoms with Crippen molar-refractivity contribution in [3.05, 3.63) is 58.1 Å². The summed E-state index contributed by atoms with van der Waals surface area (Å²) in [7, 11) is 0. The lowest BCUT2D eigenvalue weighted by molar-refractivity contribution is -0.125. The molecule has 0 bridgehead atoms. The summed E-state index contributed by atoms with van der Waals surface area (Å²) in [6, 6.07) is 14.5. The van der Waals surface area contributed by atoms with Crippen molar-refractivity contribution in [3.8, 4) is 0 Å². The lowest BCUT2D eigenvalue weighted by Crippen LogP contribution is -2.40. The number of aromatic nitrogens is 1. The van der Waals surface area contributed by atoms with Crippen LogP contribution in [0.5, 0.6) is 0 Å². The minimum absolute atomic E-state index is 0.0928. The van der Waals surface area contributed by atoms with Crippen molar-refractivity contribution in [3.63, 3.8) is 0 Å². The quantitative estimate of drug-likeness (QED) is 0.623. The molecule has 3 aromatic rings. The Morgan fingerprint density at radius 2 is 1.96 bits per heavy atom. The van der Waals surface area contributed by atoms with Gasteiger partial charge in [-0.2, -0.15) is 0 Å². The van der Waals surface area contributed by atoms with Crippen molar-refractivity contribution in [2.75, 3.05) is 18.0 Å². The van der Waals surface area contributed by atoms with E-state index in [0.717, 1.165) is 46.6 Å². The Morgan fingerprint density at radius 1 is 1.22 bits per heavy atom. The van der Waals surface area contributed by atoms with Crippen molar-refractivity contribution in [2.24, 2.45) is 5.92 Å². The normalized spacial score (nSPS) is 15.3. The van der Waals surface area contributed by atoms with Crippen LogP contribution in [0.4, 0.5) is 5.13 Å². The van der Waals surface area contributed by atoms with E-state index in [9.17, 15) is 4.79 Å². The molecule has 27 heavy (non-hydrogen) atoms. The van der Waals surface area contributed by atoms with Gasteiger partial charge in [0.25, 0.3) is 0 Å². The number of anilines is 1. The Hall–Kier alpha value is -1.92. The molecule has 1 aliphatic rings. The van der Waals surface area contributed by atoms with Crippen LogP contribution in [0.3, 0.4) is 0 Å². The maximum absolute atomic E-state index is 12.5. The second-order valence-corrected chi connectivity index (χ2v) is 9.00.